The van der Waals surface area contributed by atoms with Gasteiger partial charge in [0.25, 0.3) is 5.91 Å². The molecule has 1 spiro atoms. The van der Waals surface area contributed by atoms with E-state index in [1.807, 2.05) is 56.3 Å². The fourth-order valence-electron chi connectivity index (χ4n) is 4.76. The van der Waals surface area contributed by atoms with Crippen molar-refractivity contribution >= 4 is 17.7 Å². The van der Waals surface area contributed by atoms with Gasteiger partial charge in [0.2, 0.25) is 0 Å². The molecule has 5 heteroatoms. The van der Waals surface area contributed by atoms with Crippen LogP contribution in [0.5, 0.6) is 0 Å². The third-order valence-electron chi connectivity index (χ3n) is 6.47. The zero-order valence-electron chi connectivity index (χ0n) is 17.7. The fourth-order valence-corrected chi connectivity index (χ4v) is 4.76. The molecule has 1 saturated heterocycles. The van der Waals surface area contributed by atoms with Crippen molar-refractivity contribution in [1.29, 1.82) is 0 Å². The highest BCUT2D eigenvalue weighted by Gasteiger charge is 2.53. The molecule has 1 atom stereocenters. The first kappa shape index (κ1) is 20.3. The van der Waals surface area contributed by atoms with Gasteiger partial charge >= 0.3 is 6.03 Å². The lowest BCUT2D eigenvalue weighted by atomic mass is 9.84. The molecule has 0 aromatic heterocycles. The molecular formula is C25H28N2O3. The van der Waals surface area contributed by atoms with Crippen LogP contribution < -0.4 is 5.32 Å². The molecule has 1 unspecified atom stereocenters. The maximum Gasteiger partial charge on any atom is 0.325 e. The number of nitrogens with zero attached hydrogens (tertiary/aromatic N) is 1. The average Bonchev–Trinajstić information content (AvgIpc) is 2.91. The minimum Gasteiger partial charge on any atom is -0.319 e. The third kappa shape index (κ3) is 3.32. The van der Waals surface area contributed by atoms with Crippen molar-refractivity contribution in [2.45, 2.75) is 57.9 Å². The summed E-state index contributed by atoms with van der Waals surface area (Å²) >= 11 is 0. The van der Waals surface area contributed by atoms with Crippen LogP contribution in [0.15, 0.2) is 42.5 Å². The largest absolute Gasteiger partial charge is 0.325 e. The molecule has 4 rings (SSSR count). The number of amides is 3. The van der Waals surface area contributed by atoms with Gasteiger partial charge in [-0.25, -0.2) is 4.79 Å². The molecule has 5 nitrogen and oxygen atoms in total. The summed E-state index contributed by atoms with van der Waals surface area (Å²) < 4.78 is 0. The molecule has 0 radical (unpaired) electrons. The van der Waals surface area contributed by atoms with Crippen molar-refractivity contribution in [2.24, 2.45) is 0 Å². The van der Waals surface area contributed by atoms with Crippen LogP contribution in [-0.2, 0) is 29.6 Å². The van der Waals surface area contributed by atoms with Gasteiger partial charge in [0.05, 0.1) is 6.54 Å². The summed E-state index contributed by atoms with van der Waals surface area (Å²) in [5, 5.41) is 2.96. The first-order chi connectivity index (χ1) is 14.5. The van der Waals surface area contributed by atoms with Crippen LogP contribution in [0.4, 0.5) is 4.79 Å². The number of hydrogen-bond acceptors (Lipinski definition) is 3. The Balaban J connectivity index is 1.66. The van der Waals surface area contributed by atoms with Crippen molar-refractivity contribution in [3.8, 4) is 0 Å². The van der Waals surface area contributed by atoms with Crippen molar-refractivity contribution in [3.05, 3.63) is 70.3 Å². The van der Waals surface area contributed by atoms with Crippen LogP contribution in [0, 0.1) is 0 Å². The third-order valence-corrected chi connectivity index (χ3v) is 6.47. The summed E-state index contributed by atoms with van der Waals surface area (Å²) in [6.45, 7) is 3.82. The van der Waals surface area contributed by atoms with Gasteiger partial charge < -0.3 is 5.32 Å². The molecule has 3 amide bonds. The number of benzene rings is 2. The maximum atomic E-state index is 13.5. The van der Waals surface area contributed by atoms with Gasteiger partial charge in [-0.05, 0) is 66.8 Å². The van der Waals surface area contributed by atoms with Crippen LogP contribution in [0.1, 0.15) is 65.7 Å². The van der Waals surface area contributed by atoms with E-state index in [2.05, 4.69) is 5.32 Å². The van der Waals surface area contributed by atoms with Crippen LogP contribution in [-0.4, -0.2) is 29.2 Å². The fraction of sp³-hybridized carbons (Fsp3) is 0.400. The molecule has 2 aromatic rings. The van der Waals surface area contributed by atoms with E-state index >= 15 is 0 Å². The first-order valence-corrected chi connectivity index (χ1v) is 10.9. The van der Waals surface area contributed by atoms with E-state index in [0.29, 0.717) is 12.0 Å². The summed E-state index contributed by atoms with van der Waals surface area (Å²) in [5.74, 6) is -0.496. The number of aryl methyl sites for hydroxylation is 3. The summed E-state index contributed by atoms with van der Waals surface area (Å²) in [4.78, 5) is 40.7. The first-order valence-electron chi connectivity index (χ1n) is 10.9. The number of hydrogen-bond donors (Lipinski definition) is 1. The predicted molar refractivity (Wildman–Crippen MR) is 115 cm³/mol. The molecule has 2 aromatic carbocycles. The number of Topliss-reactive ketones (excluding diaryl/α,β-unsaturated/α-hetero) is 1. The Morgan fingerprint density at radius 1 is 1.07 bits per heavy atom. The van der Waals surface area contributed by atoms with Gasteiger partial charge in [-0.1, -0.05) is 50.2 Å². The Morgan fingerprint density at radius 2 is 1.87 bits per heavy atom. The second kappa shape index (κ2) is 8.05. The molecule has 1 aliphatic carbocycles. The molecular weight excluding hydrogens is 376 g/mol. The van der Waals surface area contributed by atoms with Crippen LogP contribution in [0.25, 0.3) is 0 Å². The molecule has 156 valence electrons. The number of ketones is 1. The van der Waals surface area contributed by atoms with E-state index in [9.17, 15) is 14.4 Å². The molecule has 0 saturated carbocycles. The molecule has 30 heavy (non-hydrogen) atoms. The summed E-state index contributed by atoms with van der Waals surface area (Å²) in [7, 11) is 0. The van der Waals surface area contributed by atoms with E-state index in [1.54, 1.807) is 0 Å². The number of carbonyl (C=O) groups is 3. The van der Waals surface area contributed by atoms with E-state index < -0.39 is 11.6 Å². The topological polar surface area (TPSA) is 66.5 Å². The quantitative estimate of drug-likeness (QED) is 0.601. The highest BCUT2D eigenvalue weighted by Crippen LogP contribution is 2.39. The molecule has 1 fully saturated rings. The van der Waals surface area contributed by atoms with Crippen molar-refractivity contribution in [1.82, 2.24) is 10.2 Å². The second-order valence-corrected chi connectivity index (χ2v) is 8.21. The Kier molecular flexibility index (Phi) is 5.46. The summed E-state index contributed by atoms with van der Waals surface area (Å²) in [5.41, 5.74) is 3.54. The molecule has 1 aliphatic heterocycles. The average molecular weight is 405 g/mol. The number of carbonyl (C=O) groups excluding carboxylic acids is 3. The van der Waals surface area contributed by atoms with E-state index in [1.165, 1.54) is 0 Å². The monoisotopic (exact) mass is 404 g/mol. The van der Waals surface area contributed by atoms with E-state index in [0.717, 1.165) is 59.3 Å². The van der Waals surface area contributed by atoms with Gasteiger partial charge in [-0.2, -0.15) is 0 Å². The highest BCUT2D eigenvalue weighted by atomic mass is 16.2. The van der Waals surface area contributed by atoms with E-state index in [4.69, 9.17) is 0 Å². The Morgan fingerprint density at radius 3 is 2.63 bits per heavy atom. The standard InChI is InChI=1S/C25H28N2O3/c1-3-17-12-13-18(4-2)20(15-17)22(28)16-27-23(29)25(26-24(27)30)14-8-7-10-19-9-5-6-11-21(19)25/h5-6,9,11-13,15H,3-4,7-8,10,14,16H2,1-2H3,(H,26,30). The minimum atomic E-state index is -1.05. The predicted octanol–water partition coefficient (Wildman–Crippen LogP) is 4.17. The number of rotatable bonds is 5. The van der Waals surface area contributed by atoms with Crippen molar-refractivity contribution in [3.63, 3.8) is 0 Å². The van der Waals surface area contributed by atoms with Crippen LogP contribution >= 0.6 is 0 Å². The van der Waals surface area contributed by atoms with Gasteiger partial charge in [-0.3, -0.25) is 14.5 Å². The van der Waals surface area contributed by atoms with Crippen LogP contribution in [0.3, 0.4) is 0 Å². The smallest absolute Gasteiger partial charge is 0.319 e. The van der Waals surface area contributed by atoms with Crippen molar-refractivity contribution in [2.75, 3.05) is 6.54 Å². The van der Waals surface area contributed by atoms with Gasteiger partial charge in [0, 0.05) is 5.56 Å². The summed E-state index contributed by atoms with van der Waals surface area (Å²) in [6, 6.07) is 13.3. The lowest BCUT2D eigenvalue weighted by Gasteiger charge is -2.27. The van der Waals surface area contributed by atoms with Crippen LogP contribution in [0.2, 0.25) is 0 Å². The number of nitrogens with one attached hydrogen (secondary N) is 1. The minimum absolute atomic E-state index is 0.190. The normalized spacial score (nSPS) is 20.8. The van der Waals surface area contributed by atoms with Gasteiger partial charge in [0.15, 0.2) is 5.78 Å². The molecule has 0 bridgehead atoms. The summed E-state index contributed by atoms with van der Waals surface area (Å²) in [6.07, 6.45) is 4.83. The highest BCUT2D eigenvalue weighted by molar-refractivity contribution is 6.11. The zero-order valence-corrected chi connectivity index (χ0v) is 17.7. The molecule has 2 aliphatic rings. The second-order valence-electron chi connectivity index (χ2n) is 8.21. The van der Waals surface area contributed by atoms with Gasteiger partial charge in [-0.15, -0.1) is 0 Å². The number of urea groups is 1. The lowest BCUT2D eigenvalue weighted by Crippen LogP contribution is -2.44. The SMILES string of the molecule is CCc1ccc(CC)c(C(=O)CN2C(=O)NC3(CCCCc4ccccc43)C2=O)c1. The molecule has 1 N–H and O–H groups in total. The Bertz CT molecular complexity index is 1010. The molecule has 1 heterocycles. The van der Waals surface area contributed by atoms with Gasteiger partial charge in [0.1, 0.15) is 5.54 Å². The maximum absolute atomic E-state index is 13.5. The van der Waals surface area contributed by atoms with Crippen molar-refractivity contribution < 1.29 is 14.4 Å². The Labute approximate surface area is 177 Å². The Hall–Kier alpha value is -2.95. The van der Waals surface area contributed by atoms with E-state index in [-0.39, 0.29) is 18.2 Å². The zero-order chi connectivity index (χ0) is 21.3. The number of imide groups is 1. The number of fused-ring (bicyclic) bond motifs is 2. The lowest BCUT2D eigenvalue weighted by molar-refractivity contribution is -0.131.